The van der Waals surface area contributed by atoms with Crippen molar-refractivity contribution in [1.82, 2.24) is 0 Å². The van der Waals surface area contributed by atoms with Gasteiger partial charge in [-0.3, -0.25) is 0 Å². The zero-order chi connectivity index (χ0) is 0. The van der Waals surface area contributed by atoms with E-state index >= 15 is 0 Å². The molecule has 0 spiro atoms. The van der Waals surface area contributed by atoms with Gasteiger partial charge in [0.1, 0.15) is 0 Å². The molecule has 40 valence electrons. The molecule has 2 atom stereocenters. The van der Waals surface area contributed by atoms with Gasteiger partial charge in [-0.15, -0.1) is 0 Å². The molecule has 2 N–H and O–H groups in total. The summed E-state index contributed by atoms with van der Waals surface area (Å²) in [6.45, 7) is 0. The molecule has 0 amide bonds. The van der Waals surface area contributed by atoms with Gasteiger partial charge in [0.2, 0.25) is 0 Å². The molecule has 5 heteroatoms. The van der Waals surface area contributed by atoms with Crippen LogP contribution in [0.3, 0.4) is 0 Å². The molecule has 0 aliphatic rings. The van der Waals surface area contributed by atoms with Crippen molar-refractivity contribution in [3.63, 3.8) is 0 Å². The predicted octanol–water partition coefficient (Wildman–Crippen LogP) is -5.56. The van der Waals surface area contributed by atoms with Crippen molar-refractivity contribution < 1.29 is 5.48 Å². The summed E-state index contributed by atoms with van der Waals surface area (Å²) < 4.78 is 0. The second-order valence-corrected chi connectivity index (χ2v) is 0. The Balaban J connectivity index is 0. The number of rotatable bonds is 0. The molecule has 0 fully saturated rings. The molecule has 0 aromatic rings. The second kappa shape index (κ2) is 29.8. The van der Waals surface area contributed by atoms with Crippen LogP contribution in [0, 0.1) is 0 Å². The topological polar surface area (TPSA) is 31.5 Å². The molecule has 0 bridgehead atoms. The molecular weight excluding hydrogens is 409 g/mol. The van der Waals surface area contributed by atoms with E-state index in [9.17, 15) is 0 Å². The molecule has 0 radical (unpaired) electrons. The average Bonchev–Trinajstić information content (AvgIpc) is 0. The molecule has 0 saturated carbocycles. The summed E-state index contributed by atoms with van der Waals surface area (Å²) >= 11 is 0. The third-order valence-corrected chi connectivity index (χ3v) is 0. The van der Waals surface area contributed by atoms with E-state index in [4.69, 9.17) is 0 Å². The summed E-state index contributed by atoms with van der Waals surface area (Å²) in [5.41, 5.74) is 0. The van der Waals surface area contributed by atoms with Crippen molar-refractivity contribution in [2.24, 2.45) is 0 Å². The van der Waals surface area contributed by atoms with Gasteiger partial charge in [-0.05, 0) is 0 Å². The summed E-state index contributed by atoms with van der Waals surface area (Å²) in [5.74, 6) is 0. The SMILES string of the molecule is O.[AsH3].[AsH3].[SbH3].[SbH3]. The van der Waals surface area contributed by atoms with Crippen molar-refractivity contribution in [3.05, 3.63) is 0 Å². The molecule has 0 saturated heterocycles. The molecule has 0 aromatic heterocycles. The Morgan fingerprint density at radius 1 is 0.600 bits per heavy atom. The minimum atomic E-state index is 0. The van der Waals surface area contributed by atoms with E-state index in [0.29, 0.717) is 0 Å². The van der Waals surface area contributed by atoms with Crippen LogP contribution in [0.5, 0.6) is 0 Å². The Morgan fingerprint density at radius 2 is 0.600 bits per heavy atom. The van der Waals surface area contributed by atoms with E-state index in [1.807, 2.05) is 0 Å². The van der Waals surface area contributed by atoms with E-state index in [-0.39, 0.29) is 90.2 Å². The van der Waals surface area contributed by atoms with Crippen LogP contribution in [-0.2, 0) is 0 Å². The minimum absolute atomic E-state index is 0. The van der Waals surface area contributed by atoms with Crippen LogP contribution in [0.25, 0.3) is 0 Å². The number of hydrogen-bond acceptors (Lipinski definition) is 0. The van der Waals surface area contributed by atoms with E-state index in [1.54, 1.807) is 0 Å². The van der Waals surface area contributed by atoms with E-state index in [1.165, 1.54) is 0 Å². The quantitative estimate of drug-likeness (QED) is 0.348. The third-order valence-electron chi connectivity index (χ3n) is 0. The summed E-state index contributed by atoms with van der Waals surface area (Å²) in [4.78, 5) is 0. The normalized spacial score (nSPS) is 0. The first-order valence-corrected chi connectivity index (χ1v) is 0. The van der Waals surface area contributed by atoms with Crippen LogP contribution in [0.4, 0.5) is 0 Å². The standard InChI is InChI=1S/2AsH3.H2O.2Sb.6H/h2*1H3;1H2;;;;;;;;. The van der Waals surface area contributed by atoms with Crippen LogP contribution in [0.1, 0.15) is 0 Å². The number of hydrogen-bond donors (Lipinski definition) is 0. The zero-order valence-electron chi connectivity index (χ0n) is 3.33. The van der Waals surface area contributed by atoms with Crippen LogP contribution in [0.2, 0.25) is 0 Å². The fourth-order valence-corrected chi connectivity index (χ4v) is 0. The van der Waals surface area contributed by atoms with Crippen molar-refractivity contribution in [1.29, 1.82) is 0 Å². The second-order valence-electron chi connectivity index (χ2n) is 0. The fourth-order valence-electron chi connectivity index (χ4n) is 0. The molecule has 5 heavy (non-hydrogen) atoms. The van der Waals surface area contributed by atoms with Gasteiger partial charge in [0, 0.05) is 0 Å². The van der Waals surface area contributed by atoms with Crippen LogP contribution in [0.15, 0.2) is 0 Å². The first-order valence-electron chi connectivity index (χ1n) is 0. The summed E-state index contributed by atoms with van der Waals surface area (Å²) in [5, 5.41) is 0. The van der Waals surface area contributed by atoms with Crippen molar-refractivity contribution >= 4 is 84.8 Å². The van der Waals surface area contributed by atoms with E-state index in [0.717, 1.165) is 0 Å². The molecule has 1 nitrogen and oxygen atoms in total. The van der Waals surface area contributed by atoms with Gasteiger partial charge in [-0.25, -0.2) is 0 Å². The Kier molecular flexibility index (Phi) is 281. The van der Waals surface area contributed by atoms with Gasteiger partial charge < -0.3 is 5.48 Å². The van der Waals surface area contributed by atoms with Crippen LogP contribution >= 0.6 is 0 Å². The monoisotopic (exact) mass is 422 g/mol. The molecule has 0 aromatic carbocycles. The molecule has 0 aliphatic heterocycles. The molecule has 0 aliphatic carbocycles. The van der Waals surface area contributed by atoms with E-state index < -0.39 is 0 Å². The maximum absolute atomic E-state index is 0. The average molecular weight is 423 g/mol. The zero-order valence-corrected chi connectivity index (χ0v) is 17.3. The summed E-state index contributed by atoms with van der Waals surface area (Å²) in [7, 11) is 0. The van der Waals surface area contributed by atoms with Crippen molar-refractivity contribution in [2.75, 3.05) is 0 Å². The first-order chi connectivity index (χ1) is 0. The first kappa shape index (κ1) is 47.2. The molecule has 0 heterocycles. The van der Waals surface area contributed by atoms with Crippen LogP contribution in [-0.4, -0.2) is 90.2 Å². The molecular formula is H14As2OSb2. The van der Waals surface area contributed by atoms with E-state index in [2.05, 4.69) is 0 Å². The Bertz CT molecular complexity index is 7.61. The summed E-state index contributed by atoms with van der Waals surface area (Å²) in [6.07, 6.45) is 0. The Labute approximate surface area is 88.9 Å². The predicted molar refractivity (Wildman–Crippen MR) is 43.4 cm³/mol. The van der Waals surface area contributed by atoms with Gasteiger partial charge in [0.15, 0.2) is 0 Å². The maximum atomic E-state index is 0. The van der Waals surface area contributed by atoms with Gasteiger partial charge in [-0.1, -0.05) is 0 Å². The van der Waals surface area contributed by atoms with Gasteiger partial charge >= 0.3 is 84.8 Å². The third kappa shape index (κ3) is 20.3. The van der Waals surface area contributed by atoms with Crippen molar-refractivity contribution in [3.8, 4) is 0 Å². The Morgan fingerprint density at radius 3 is 0.600 bits per heavy atom. The molecule has 0 rings (SSSR count). The van der Waals surface area contributed by atoms with Gasteiger partial charge in [0.25, 0.3) is 0 Å². The van der Waals surface area contributed by atoms with Crippen molar-refractivity contribution in [2.45, 2.75) is 0 Å². The Hall–Kier alpha value is 2.71. The van der Waals surface area contributed by atoms with Crippen LogP contribution < -0.4 is 0 Å². The molecule has 2 unspecified atom stereocenters. The summed E-state index contributed by atoms with van der Waals surface area (Å²) in [6, 6.07) is 0. The fraction of sp³-hybridized carbons (Fsp3) is 0. The van der Waals surface area contributed by atoms with Gasteiger partial charge in [0.05, 0.1) is 0 Å². The van der Waals surface area contributed by atoms with Gasteiger partial charge in [-0.2, -0.15) is 0 Å².